The molecule has 2 aromatic carbocycles. The summed E-state index contributed by atoms with van der Waals surface area (Å²) in [6.45, 7) is 4.02. The maximum absolute atomic E-state index is 13.0. The Morgan fingerprint density at radius 3 is 2.55 bits per heavy atom. The van der Waals surface area contributed by atoms with Gasteiger partial charge in [-0.05, 0) is 55.2 Å². The lowest BCUT2D eigenvalue weighted by atomic mass is 9.96. The van der Waals surface area contributed by atoms with Gasteiger partial charge in [-0.25, -0.2) is 4.98 Å². The van der Waals surface area contributed by atoms with Crippen LogP contribution in [0, 0.1) is 5.92 Å². The number of ether oxygens (including phenoxy) is 1. The van der Waals surface area contributed by atoms with Crippen molar-refractivity contribution in [1.29, 1.82) is 0 Å². The van der Waals surface area contributed by atoms with Crippen LogP contribution in [0.3, 0.4) is 0 Å². The molecule has 0 N–H and O–H groups in total. The molecule has 162 valence electrons. The second-order valence-electron chi connectivity index (χ2n) is 7.88. The van der Waals surface area contributed by atoms with E-state index in [9.17, 15) is 9.59 Å². The molecule has 0 bridgehead atoms. The van der Waals surface area contributed by atoms with Crippen molar-refractivity contribution in [2.24, 2.45) is 5.92 Å². The summed E-state index contributed by atoms with van der Waals surface area (Å²) < 4.78 is 7.41. The van der Waals surface area contributed by atoms with E-state index >= 15 is 0 Å². The van der Waals surface area contributed by atoms with Crippen LogP contribution in [0.5, 0.6) is 5.75 Å². The number of hydrogen-bond acceptors (Lipinski definition) is 4. The van der Waals surface area contributed by atoms with Gasteiger partial charge in [0.1, 0.15) is 11.6 Å². The number of nitrogens with zero attached hydrogens (tertiary/aromatic N) is 3. The Labute approximate surface area is 186 Å². The normalized spacial score (nSPS) is 14.7. The standard InChI is InChI=1S/C24H26ClN3O3/c1-2-22-26-21-6-4-3-5-20(21)24(30)28(22)15-17-11-13-27(14-12-17)23(29)16-31-19-9-7-18(25)8-10-19/h3-10,17H,2,11-16H2,1H3. The summed E-state index contributed by atoms with van der Waals surface area (Å²) in [7, 11) is 0. The zero-order valence-corrected chi connectivity index (χ0v) is 18.3. The largest absolute Gasteiger partial charge is 0.484 e. The van der Waals surface area contributed by atoms with E-state index in [4.69, 9.17) is 21.3 Å². The van der Waals surface area contributed by atoms with Crippen LogP contribution in [-0.4, -0.2) is 40.1 Å². The third kappa shape index (κ3) is 4.90. The molecule has 0 unspecified atom stereocenters. The molecule has 0 atom stereocenters. The van der Waals surface area contributed by atoms with E-state index in [1.54, 1.807) is 24.3 Å². The second-order valence-corrected chi connectivity index (χ2v) is 8.32. The highest BCUT2D eigenvalue weighted by Crippen LogP contribution is 2.21. The van der Waals surface area contributed by atoms with E-state index in [1.165, 1.54) is 0 Å². The van der Waals surface area contributed by atoms with Gasteiger partial charge < -0.3 is 9.64 Å². The van der Waals surface area contributed by atoms with Crippen LogP contribution in [0.2, 0.25) is 5.02 Å². The minimum atomic E-state index is -0.0211. The molecule has 1 aliphatic rings. The van der Waals surface area contributed by atoms with E-state index in [0.717, 1.165) is 24.2 Å². The smallest absolute Gasteiger partial charge is 0.261 e. The summed E-state index contributed by atoms with van der Waals surface area (Å²) in [4.78, 5) is 32.1. The number of amides is 1. The second kappa shape index (κ2) is 9.52. The maximum Gasteiger partial charge on any atom is 0.261 e. The average Bonchev–Trinajstić information content (AvgIpc) is 2.80. The first kappa shape index (κ1) is 21.4. The van der Waals surface area contributed by atoms with Gasteiger partial charge in [-0.2, -0.15) is 0 Å². The summed E-state index contributed by atoms with van der Waals surface area (Å²) >= 11 is 5.87. The van der Waals surface area contributed by atoms with Gasteiger partial charge in [0.25, 0.3) is 11.5 Å². The average molecular weight is 440 g/mol. The topological polar surface area (TPSA) is 64.4 Å². The van der Waals surface area contributed by atoms with Gasteiger partial charge in [0.2, 0.25) is 0 Å². The van der Waals surface area contributed by atoms with Crippen molar-refractivity contribution >= 4 is 28.4 Å². The minimum Gasteiger partial charge on any atom is -0.484 e. The number of benzene rings is 2. The monoisotopic (exact) mass is 439 g/mol. The Kier molecular flexibility index (Phi) is 6.56. The lowest BCUT2D eigenvalue weighted by Crippen LogP contribution is -2.42. The first-order valence-electron chi connectivity index (χ1n) is 10.7. The van der Waals surface area contributed by atoms with Crippen molar-refractivity contribution in [3.8, 4) is 5.75 Å². The van der Waals surface area contributed by atoms with Gasteiger partial charge in [-0.3, -0.25) is 14.2 Å². The number of fused-ring (bicyclic) bond motifs is 1. The molecular weight excluding hydrogens is 414 g/mol. The Morgan fingerprint density at radius 1 is 1.13 bits per heavy atom. The zero-order valence-electron chi connectivity index (χ0n) is 17.6. The van der Waals surface area contributed by atoms with Crippen LogP contribution >= 0.6 is 11.6 Å². The molecule has 1 amide bonds. The predicted molar refractivity (Wildman–Crippen MR) is 122 cm³/mol. The summed E-state index contributed by atoms with van der Waals surface area (Å²) in [6, 6.07) is 14.5. The number of para-hydroxylation sites is 1. The molecule has 1 fully saturated rings. The van der Waals surface area contributed by atoms with Crippen LogP contribution in [0.15, 0.2) is 53.3 Å². The SMILES string of the molecule is CCc1nc2ccccc2c(=O)n1CC1CCN(C(=O)COc2ccc(Cl)cc2)CC1. The molecule has 0 saturated carbocycles. The van der Waals surface area contributed by atoms with E-state index in [1.807, 2.05) is 40.7 Å². The first-order valence-corrected chi connectivity index (χ1v) is 11.1. The molecule has 1 aliphatic heterocycles. The van der Waals surface area contributed by atoms with Gasteiger partial charge in [0.15, 0.2) is 6.61 Å². The van der Waals surface area contributed by atoms with Gasteiger partial charge >= 0.3 is 0 Å². The molecule has 1 saturated heterocycles. The Morgan fingerprint density at radius 2 is 1.84 bits per heavy atom. The summed E-state index contributed by atoms with van der Waals surface area (Å²) in [6.07, 6.45) is 2.42. The van der Waals surface area contributed by atoms with Crippen molar-refractivity contribution in [3.05, 3.63) is 69.7 Å². The molecule has 4 rings (SSSR count). The first-order chi connectivity index (χ1) is 15.0. The van der Waals surface area contributed by atoms with Gasteiger partial charge in [-0.15, -0.1) is 0 Å². The molecule has 0 aliphatic carbocycles. The fraction of sp³-hybridized carbons (Fsp3) is 0.375. The number of carbonyl (C=O) groups is 1. The van der Waals surface area contributed by atoms with Gasteiger partial charge in [0.05, 0.1) is 10.9 Å². The fourth-order valence-corrected chi connectivity index (χ4v) is 4.19. The number of aryl methyl sites for hydroxylation is 1. The summed E-state index contributed by atoms with van der Waals surface area (Å²) in [5.41, 5.74) is 0.777. The van der Waals surface area contributed by atoms with Crippen molar-refractivity contribution in [2.75, 3.05) is 19.7 Å². The summed E-state index contributed by atoms with van der Waals surface area (Å²) in [5, 5.41) is 1.29. The van der Waals surface area contributed by atoms with Crippen LogP contribution in [0.25, 0.3) is 10.9 Å². The zero-order chi connectivity index (χ0) is 21.8. The third-order valence-electron chi connectivity index (χ3n) is 5.84. The predicted octanol–water partition coefficient (Wildman–Crippen LogP) is 3.93. The molecule has 3 aromatic rings. The molecule has 0 radical (unpaired) electrons. The van der Waals surface area contributed by atoms with Gasteiger partial charge in [0, 0.05) is 31.1 Å². The van der Waals surface area contributed by atoms with Crippen molar-refractivity contribution in [3.63, 3.8) is 0 Å². The van der Waals surface area contributed by atoms with Crippen LogP contribution < -0.4 is 10.3 Å². The fourth-order valence-electron chi connectivity index (χ4n) is 4.06. The molecule has 0 spiro atoms. The highest BCUT2D eigenvalue weighted by Gasteiger charge is 2.24. The van der Waals surface area contributed by atoms with E-state index in [-0.39, 0.29) is 18.1 Å². The lowest BCUT2D eigenvalue weighted by molar-refractivity contribution is -0.134. The number of piperidine rings is 1. The Balaban J connectivity index is 1.36. The number of carbonyl (C=O) groups excluding carboxylic acids is 1. The van der Waals surface area contributed by atoms with E-state index in [2.05, 4.69) is 0 Å². The quantitative estimate of drug-likeness (QED) is 0.583. The highest BCUT2D eigenvalue weighted by atomic mass is 35.5. The molecule has 7 heteroatoms. The molecule has 6 nitrogen and oxygen atoms in total. The minimum absolute atomic E-state index is 0.0142. The number of aromatic nitrogens is 2. The molecule has 1 aromatic heterocycles. The number of rotatable bonds is 6. The summed E-state index contributed by atoms with van der Waals surface area (Å²) in [5.74, 6) is 1.76. The van der Waals surface area contributed by atoms with Crippen LogP contribution in [0.4, 0.5) is 0 Å². The number of halogens is 1. The van der Waals surface area contributed by atoms with Crippen LogP contribution in [-0.2, 0) is 17.8 Å². The number of hydrogen-bond donors (Lipinski definition) is 0. The Hall–Kier alpha value is -2.86. The molecule has 31 heavy (non-hydrogen) atoms. The van der Waals surface area contributed by atoms with Crippen LogP contribution in [0.1, 0.15) is 25.6 Å². The lowest BCUT2D eigenvalue weighted by Gasteiger charge is -2.32. The molecular formula is C24H26ClN3O3. The third-order valence-corrected chi connectivity index (χ3v) is 6.09. The van der Waals surface area contributed by atoms with Crippen molar-refractivity contribution < 1.29 is 9.53 Å². The van der Waals surface area contributed by atoms with E-state index < -0.39 is 0 Å². The van der Waals surface area contributed by atoms with Crippen molar-refractivity contribution in [1.82, 2.24) is 14.5 Å². The van der Waals surface area contributed by atoms with E-state index in [0.29, 0.717) is 48.1 Å². The molecule has 2 heterocycles. The highest BCUT2D eigenvalue weighted by molar-refractivity contribution is 6.30. The van der Waals surface area contributed by atoms with Gasteiger partial charge in [-0.1, -0.05) is 30.7 Å². The van der Waals surface area contributed by atoms with Crippen molar-refractivity contribution in [2.45, 2.75) is 32.7 Å². The Bertz CT molecular complexity index is 1120. The maximum atomic E-state index is 13.0. The number of likely N-dealkylation sites (tertiary alicyclic amines) is 1.